The van der Waals surface area contributed by atoms with Crippen LogP contribution in [0.1, 0.15) is 57.2 Å². The highest BCUT2D eigenvalue weighted by molar-refractivity contribution is 14.0. The Bertz CT molecular complexity index is 681. The molecule has 0 atom stereocenters. The molecule has 1 aromatic rings. The van der Waals surface area contributed by atoms with Gasteiger partial charge in [0.1, 0.15) is 0 Å². The zero-order valence-electron chi connectivity index (χ0n) is 19.4. The van der Waals surface area contributed by atoms with Crippen LogP contribution in [-0.2, 0) is 13.6 Å². The Morgan fingerprint density at radius 3 is 2.52 bits per heavy atom. The molecule has 1 aromatic heterocycles. The summed E-state index contributed by atoms with van der Waals surface area (Å²) in [7, 11) is 3.96. The van der Waals surface area contributed by atoms with Gasteiger partial charge in [-0.1, -0.05) is 13.8 Å². The Balaban J connectivity index is 0.00000480. The molecule has 0 unspecified atom stereocenters. The molecule has 180 valence electrons. The molecule has 1 fully saturated rings. The van der Waals surface area contributed by atoms with E-state index in [0.29, 0.717) is 31.5 Å². The van der Waals surface area contributed by atoms with Crippen LogP contribution in [0.2, 0.25) is 0 Å². The number of piperidine rings is 1. The molecule has 0 amide bonds. The van der Waals surface area contributed by atoms with E-state index in [0.717, 1.165) is 44.0 Å². The van der Waals surface area contributed by atoms with Crippen molar-refractivity contribution in [3.8, 4) is 0 Å². The lowest BCUT2D eigenvalue weighted by Gasteiger charge is -2.32. The highest BCUT2D eigenvalue weighted by Crippen LogP contribution is 2.24. The van der Waals surface area contributed by atoms with Gasteiger partial charge in [-0.15, -0.1) is 24.0 Å². The number of hydrogen-bond acceptors (Lipinski definition) is 3. The summed E-state index contributed by atoms with van der Waals surface area (Å²) >= 11 is 0. The van der Waals surface area contributed by atoms with Crippen molar-refractivity contribution in [2.75, 3.05) is 39.8 Å². The molecule has 1 aliphatic rings. The van der Waals surface area contributed by atoms with E-state index in [9.17, 15) is 13.2 Å². The first kappa shape index (κ1) is 28.0. The number of rotatable bonds is 8. The number of hydrogen-bond donors (Lipinski definition) is 1. The van der Waals surface area contributed by atoms with Crippen LogP contribution in [0.3, 0.4) is 0 Å². The Kier molecular flexibility index (Phi) is 11.6. The zero-order valence-corrected chi connectivity index (χ0v) is 21.7. The van der Waals surface area contributed by atoms with Crippen LogP contribution in [-0.4, -0.2) is 71.5 Å². The number of nitrogens with one attached hydrogen (secondary N) is 1. The van der Waals surface area contributed by atoms with Gasteiger partial charge in [-0.05, 0) is 51.1 Å². The number of guanidine groups is 1. The van der Waals surface area contributed by atoms with Gasteiger partial charge < -0.3 is 10.2 Å². The minimum atomic E-state index is -4.11. The van der Waals surface area contributed by atoms with Gasteiger partial charge in [0.05, 0.1) is 12.2 Å². The van der Waals surface area contributed by atoms with Gasteiger partial charge in [0, 0.05) is 45.5 Å². The van der Waals surface area contributed by atoms with E-state index in [4.69, 9.17) is 4.99 Å². The maximum atomic E-state index is 12.5. The monoisotopic (exact) mass is 558 g/mol. The van der Waals surface area contributed by atoms with Crippen molar-refractivity contribution in [3.05, 3.63) is 17.5 Å². The maximum absolute atomic E-state index is 12.5. The van der Waals surface area contributed by atoms with Crippen molar-refractivity contribution in [1.29, 1.82) is 0 Å². The summed E-state index contributed by atoms with van der Waals surface area (Å²) in [5.41, 5.74) is 2.29. The maximum Gasteiger partial charge on any atom is 0.401 e. The average Bonchev–Trinajstić information content (AvgIpc) is 3.01. The third-order valence-corrected chi connectivity index (χ3v) is 5.50. The van der Waals surface area contributed by atoms with Crippen molar-refractivity contribution < 1.29 is 13.2 Å². The van der Waals surface area contributed by atoms with Gasteiger partial charge in [-0.3, -0.25) is 14.6 Å². The summed E-state index contributed by atoms with van der Waals surface area (Å²) < 4.78 is 39.4. The summed E-state index contributed by atoms with van der Waals surface area (Å²) in [6.07, 6.45) is 0.486. The van der Waals surface area contributed by atoms with Gasteiger partial charge in [0.25, 0.3) is 0 Å². The summed E-state index contributed by atoms with van der Waals surface area (Å²) in [4.78, 5) is 8.40. The largest absolute Gasteiger partial charge is 0.401 e. The SMILES string of the molecule is CCNC(=NCCC1CCN(CC(F)(F)F)CC1)N(C)Cc1cn(C)nc1C(C)C.I. The van der Waals surface area contributed by atoms with E-state index in [-0.39, 0.29) is 24.0 Å². The normalized spacial score (nSPS) is 16.5. The molecule has 0 saturated carbocycles. The van der Waals surface area contributed by atoms with Crippen molar-refractivity contribution in [2.24, 2.45) is 18.0 Å². The average molecular weight is 558 g/mol. The minimum Gasteiger partial charge on any atom is -0.357 e. The lowest BCUT2D eigenvalue weighted by atomic mass is 9.93. The van der Waals surface area contributed by atoms with Crippen LogP contribution in [0.15, 0.2) is 11.2 Å². The fourth-order valence-electron chi connectivity index (χ4n) is 4.00. The van der Waals surface area contributed by atoms with E-state index in [1.165, 1.54) is 10.5 Å². The third-order valence-electron chi connectivity index (χ3n) is 5.50. The van der Waals surface area contributed by atoms with Gasteiger partial charge in [-0.25, -0.2) is 0 Å². The number of nitrogens with zero attached hydrogens (tertiary/aromatic N) is 5. The molecule has 0 bridgehead atoms. The predicted molar refractivity (Wildman–Crippen MR) is 130 cm³/mol. The molecule has 10 heteroatoms. The minimum absolute atomic E-state index is 0. The molecule has 2 rings (SSSR count). The van der Waals surface area contributed by atoms with Crippen LogP contribution in [0.5, 0.6) is 0 Å². The molecule has 0 spiro atoms. The Hall–Kier alpha value is -1.04. The highest BCUT2D eigenvalue weighted by atomic mass is 127. The fraction of sp³-hybridized carbons (Fsp3) is 0.810. The topological polar surface area (TPSA) is 48.7 Å². The van der Waals surface area contributed by atoms with Crippen LogP contribution in [0.25, 0.3) is 0 Å². The molecule has 0 aliphatic carbocycles. The van der Waals surface area contributed by atoms with Gasteiger partial charge >= 0.3 is 6.18 Å². The van der Waals surface area contributed by atoms with Crippen molar-refractivity contribution in [1.82, 2.24) is 24.9 Å². The molecule has 6 nitrogen and oxygen atoms in total. The first-order valence-electron chi connectivity index (χ1n) is 10.9. The standard InChI is InChI=1S/C21H37F3N6.HI/c1-6-25-20(28(4)13-18-14-29(5)27-19(18)16(2)3)26-10-7-17-8-11-30(12-9-17)15-21(22,23)24;/h14,16-17H,6-13,15H2,1-5H3,(H,25,26);1H. The molecule has 1 saturated heterocycles. The number of alkyl halides is 3. The summed E-state index contributed by atoms with van der Waals surface area (Å²) in [6, 6.07) is 0. The Morgan fingerprint density at radius 2 is 1.97 bits per heavy atom. The molecule has 1 N–H and O–H groups in total. The van der Waals surface area contributed by atoms with Crippen LogP contribution < -0.4 is 5.32 Å². The molecular formula is C21H38F3IN6. The molecule has 1 aliphatic heterocycles. The zero-order chi connectivity index (χ0) is 22.3. The lowest BCUT2D eigenvalue weighted by molar-refractivity contribution is -0.148. The quantitative estimate of drug-likeness (QED) is 0.295. The van der Waals surface area contributed by atoms with Gasteiger partial charge in [0.2, 0.25) is 0 Å². The predicted octanol–water partition coefficient (Wildman–Crippen LogP) is 4.22. The van der Waals surface area contributed by atoms with E-state index in [1.807, 2.05) is 25.7 Å². The fourth-order valence-corrected chi connectivity index (χ4v) is 4.00. The van der Waals surface area contributed by atoms with E-state index in [2.05, 4.69) is 35.4 Å². The smallest absolute Gasteiger partial charge is 0.357 e. The van der Waals surface area contributed by atoms with Gasteiger partial charge in [-0.2, -0.15) is 18.3 Å². The summed E-state index contributed by atoms with van der Waals surface area (Å²) in [5.74, 6) is 1.65. The molecule has 31 heavy (non-hydrogen) atoms. The van der Waals surface area contributed by atoms with E-state index >= 15 is 0 Å². The second kappa shape index (κ2) is 12.9. The first-order valence-corrected chi connectivity index (χ1v) is 10.9. The van der Waals surface area contributed by atoms with Crippen LogP contribution >= 0.6 is 24.0 Å². The Labute approximate surface area is 201 Å². The van der Waals surface area contributed by atoms with Crippen molar-refractivity contribution >= 4 is 29.9 Å². The third kappa shape index (κ3) is 9.55. The van der Waals surface area contributed by atoms with Crippen molar-refractivity contribution in [3.63, 3.8) is 0 Å². The molecule has 0 aromatic carbocycles. The van der Waals surface area contributed by atoms with Crippen molar-refractivity contribution in [2.45, 2.75) is 58.7 Å². The van der Waals surface area contributed by atoms with Crippen LogP contribution in [0.4, 0.5) is 13.2 Å². The summed E-state index contributed by atoms with van der Waals surface area (Å²) in [6.45, 7) is 8.77. The summed E-state index contributed by atoms with van der Waals surface area (Å²) in [5, 5.41) is 7.92. The molecular weight excluding hydrogens is 520 g/mol. The number of likely N-dealkylation sites (tertiary alicyclic amines) is 1. The van der Waals surface area contributed by atoms with Crippen LogP contribution in [0, 0.1) is 5.92 Å². The number of halogens is 4. The molecule has 2 heterocycles. The second-order valence-electron chi connectivity index (χ2n) is 8.58. The number of aryl methyl sites for hydroxylation is 1. The highest BCUT2D eigenvalue weighted by Gasteiger charge is 2.32. The van der Waals surface area contributed by atoms with Gasteiger partial charge in [0.15, 0.2) is 5.96 Å². The molecule has 0 radical (unpaired) electrons. The Morgan fingerprint density at radius 1 is 1.32 bits per heavy atom. The van der Waals surface area contributed by atoms with E-state index in [1.54, 1.807) is 0 Å². The lowest BCUT2D eigenvalue weighted by Crippen LogP contribution is -2.40. The van der Waals surface area contributed by atoms with E-state index < -0.39 is 12.7 Å². The number of aromatic nitrogens is 2. The first-order chi connectivity index (χ1) is 14.1. The number of aliphatic imine (C=N–C) groups is 1. The second-order valence-corrected chi connectivity index (χ2v) is 8.58.